The topological polar surface area (TPSA) is 20.3 Å². The zero-order valence-electron chi connectivity index (χ0n) is 10.3. The minimum absolute atomic E-state index is 0.542. The van der Waals surface area contributed by atoms with Gasteiger partial charge >= 0.3 is 0 Å². The Morgan fingerprint density at radius 2 is 2.47 bits per heavy atom. The number of thiophene rings is 1. The highest BCUT2D eigenvalue weighted by molar-refractivity contribution is 7.10. The minimum Gasteiger partial charge on any atom is -0.366 e. The Morgan fingerprint density at radius 1 is 1.59 bits per heavy atom. The molecule has 1 fully saturated rings. The van der Waals surface area contributed by atoms with E-state index in [9.17, 15) is 4.79 Å². The van der Waals surface area contributed by atoms with Crippen LogP contribution in [0.1, 0.15) is 37.5 Å². The highest BCUT2D eigenvalue weighted by Gasteiger charge is 2.22. The number of hydrogen-bond donors (Lipinski definition) is 0. The Kier molecular flexibility index (Phi) is 4.37. The lowest BCUT2D eigenvalue weighted by Crippen LogP contribution is -2.38. The molecule has 0 N–H and O–H groups in total. The standard InChI is InChI=1S/C14H19NOS/c1-2-12-6-3-4-8-15(12)13(11-16)10-14-7-5-9-17-14/h5,7,9-12H,2-4,6,8H2,1H3. The predicted octanol–water partition coefficient (Wildman–Crippen LogP) is 3.55. The summed E-state index contributed by atoms with van der Waals surface area (Å²) in [6.45, 7) is 3.23. The molecule has 1 aliphatic heterocycles. The van der Waals surface area contributed by atoms with Crippen molar-refractivity contribution in [2.24, 2.45) is 0 Å². The van der Waals surface area contributed by atoms with E-state index in [0.717, 1.165) is 29.8 Å². The van der Waals surface area contributed by atoms with Gasteiger partial charge in [0.25, 0.3) is 0 Å². The molecule has 1 atom stereocenters. The largest absolute Gasteiger partial charge is 0.366 e. The number of nitrogens with zero attached hydrogens (tertiary/aromatic N) is 1. The van der Waals surface area contributed by atoms with Crippen molar-refractivity contribution in [1.29, 1.82) is 0 Å². The summed E-state index contributed by atoms with van der Waals surface area (Å²) in [4.78, 5) is 14.7. The van der Waals surface area contributed by atoms with Crippen LogP contribution >= 0.6 is 11.3 Å². The van der Waals surface area contributed by atoms with Crippen LogP contribution in [0, 0.1) is 0 Å². The second-order valence-corrected chi connectivity index (χ2v) is 5.43. The van der Waals surface area contributed by atoms with Crippen molar-refractivity contribution in [3.05, 3.63) is 28.1 Å². The summed E-state index contributed by atoms with van der Waals surface area (Å²) < 4.78 is 0. The van der Waals surface area contributed by atoms with Crippen LogP contribution in [0.3, 0.4) is 0 Å². The number of allylic oxidation sites excluding steroid dienone is 1. The summed E-state index contributed by atoms with van der Waals surface area (Å²) in [5.74, 6) is 0. The normalized spacial score (nSPS) is 21.6. The van der Waals surface area contributed by atoms with Gasteiger partial charge in [-0.1, -0.05) is 13.0 Å². The molecule has 2 nitrogen and oxygen atoms in total. The Balaban J connectivity index is 2.19. The van der Waals surface area contributed by atoms with Gasteiger partial charge in [-0.25, -0.2) is 0 Å². The second-order valence-electron chi connectivity index (χ2n) is 4.45. The summed E-state index contributed by atoms with van der Waals surface area (Å²) >= 11 is 1.68. The molecule has 3 heteroatoms. The second kappa shape index (κ2) is 6.01. The molecule has 0 aromatic carbocycles. The Bertz CT molecular complexity index is 383. The quantitative estimate of drug-likeness (QED) is 0.601. The predicted molar refractivity (Wildman–Crippen MR) is 73.0 cm³/mol. The molecule has 1 saturated heterocycles. The third-order valence-electron chi connectivity index (χ3n) is 3.38. The summed E-state index contributed by atoms with van der Waals surface area (Å²) in [5, 5.41) is 2.04. The van der Waals surface area contributed by atoms with Crippen molar-refractivity contribution in [1.82, 2.24) is 4.90 Å². The van der Waals surface area contributed by atoms with Crippen LogP contribution in [-0.2, 0) is 4.79 Å². The molecule has 2 rings (SSSR count). The van der Waals surface area contributed by atoms with Crippen LogP contribution in [0.5, 0.6) is 0 Å². The molecule has 1 aliphatic rings. The highest BCUT2D eigenvalue weighted by Crippen LogP contribution is 2.24. The SMILES string of the molecule is CCC1CCCCN1C(C=O)=Cc1cccs1. The van der Waals surface area contributed by atoms with E-state index in [2.05, 4.69) is 17.9 Å². The highest BCUT2D eigenvalue weighted by atomic mass is 32.1. The number of likely N-dealkylation sites (tertiary alicyclic amines) is 1. The first-order valence-corrected chi connectivity index (χ1v) is 7.20. The molecule has 1 aromatic heterocycles. The maximum absolute atomic E-state index is 11.3. The number of rotatable bonds is 4. The maximum atomic E-state index is 11.3. The molecule has 92 valence electrons. The summed E-state index contributed by atoms with van der Waals surface area (Å²) in [6, 6.07) is 4.62. The Hall–Kier alpha value is -1.09. The van der Waals surface area contributed by atoms with E-state index in [0.29, 0.717) is 6.04 Å². The molecular formula is C14H19NOS. The lowest BCUT2D eigenvalue weighted by atomic mass is 9.99. The van der Waals surface area contributed by atoms with Gasteiger partial charge in [-0.3, -0.25) is 4.79 Å². The van der Waals surface area contributed by atoms with Crippen molar-refractivity contribution >= 4 is 23.7 Å². The zero-order valence-corrected chi connectivity index (χ0v) is 11.1. The zero-order chi connectivity index (χ0) is 12.1. The third-order valence-corrected chi connectivity index (χ3v) is 4.20. The smallest absolute Gasteiger partial charge is 0.166 e. The number of hydrogen-bond acceptors (Lipinski definition) is 3. The van der Waals surface area contributed by atoms with Gasteiger partial charge in [0.15, 0.2) is 6.29 Å². The maximum Gasteiger partial charge on any atom is 0.166 e. The molecule has 2 heterocycles. The van der Waals surface area contributed by atoms with Gasteiger partial charge in [-0.2, -0.15) is 0 Å². The van der Waals surface area contributed by atoms with Crippen molar-refractivity contribution < 1.29 is 4.79 Å². The first kappa shape index (κ1) is 12.4. The number of carbonyl (C=O) groups is 1. The lowest BCUT2D eigenvalue weighted by molar-refractivity contribution is -0.106. The van der Waals surface area contributed by atoms with E-state index < -0.39 is 0 Å². The van der Waals surface area contributed by atoms with Gasteiger partial charge in [0.2, 0.25) is 0 Å². The van der Waals surface area contributed by atoms with E-state index in [1.165, 1.54) is 19.3 Å². The summed E-state index contributed by atoms with van der Waals surface area (Å²) in [5.41, 5.74) is 0.846. The number of carbonyl (C=O) groups excluding carboxylic acids is 1. The van der Waals surface area contributed by atoms with Gasteiger partial charge in [-0.15, -0.1) is 11.3 Å². The van der Waals surface area contributed by atoms with Crippen molar-refractivity contribution in [3.8, 4) is 0 Å². The van der Waals surface area contributed by atoms with Gasteiger partial charge in [0.05, 0.1) is 5.70 Å². The molecule has 0 bridgehead atoms. The lowest BCUT2D eigenvalue weighted by Gasteiger charge is -2.37. The molecule has 0 aliphatic carbocycles. The average molecular weight is 249 g/mol. The van der Waals surface area contributed by atoms with Crippen molar-refractivity contribution in [2.75, 3.05) is 6.54 Å². The van der Waals surface area contributed by atoms with E-state index in [1.54, 1.807) is 11.3 Å². The fourth-order valence-corrected chi connectivity index (χ4v) is 3.13. The molecule has 1 unspecified atom stereocenters. The van der Waals surface area contributed by atoms with Crippen molar-refractivity contribution in [3.63, 3.8) is 0 Å². The van der Waals surface area contributed by atoms with Crippen LogP contribution < -0.4 is 0 Å². The molecule has 0 radical (unpaired) electrons. The fourth-order valence-electron chi connectivity index (χ4n) is 2.47. The molecule has 1 aromatic rings. The minimum atomic E-state index is 0.542. The van der Waals surface area contributed by atoms with E-state index in [1.807, 2.05) is 17.5 Å². The molecular weight excluding hydrogens is 230 g/mol. The molecule has 0 amide bonds. The average Bonchev–Trinajstić information content (AvgIpc) is 2.89. The van der Waals surface area contributed by atoms with Crippen LogP contribution in [0.25, 0.3) is 6.08 Å². The monoisotopic (exact) mass is 249 g/mol. The van der Waals surface area contributed by atoms with Crippen molar-refractivity contribution in [2.45, 2.75) is 38.6 Å². The van der Waals surface area contributed by atoms with E-state index >= 15 is 0 Å². The van der Waals surface area contributed by atoms with Gasteiger partial charge in [0.1, 0.15) is 0 Å². The van der Waals surface area contributed by atoms with Crippen LogP contribution in [-0.4, -0.2) is 23.8 Å². The van der Waals surface area contributed by atoms with Crippen LogP contribution in [0.2, 0.25) is 0 Å². The summed E-state index contributed by atoms with van der Waals surface area (Å²) in [6.07, 6.45) is 7.85. The Morgan fingerprint density at radius 3 is 3.12 bits per heavy atom. The molecule has 17 heavy (non-hydrogen) atoms. The van der Waals surface area contributed by atoms with Gasteiger partial charge in [0, 0.05) is 17.5 Å². The van der Waals surface area contributed by atoms with E-state index in [4.69, 9.17) is 0 Å². The van der Waals surface area contributed by atoms with Gasteiger partial charge in [-0.05, 0) is 43.2 Å². The first-order chi connectivity index (χ1) is 8.35. The fraction of sp³-hybridized carbons (Fsp3) is 0.500. The van der Waals surface area contributed by atoms with E-state index in [-0.39, 0.29) is 0 Å². The van der Waals surface area contributed by atoms with Crippen LogP contribution in [0.4, 0.5) is 0 Å². The summed E-state index contributed by atoms with van der Waals surface area (Å²) in [7, 11) is 0. The van der Waals surface area contributed by atoms with Crippen LogP contribution in [0.15, 0.2) is 23.2 Å². The van der Waals surface area contributed by atoms with Gasteiger partial charge < -0.3 is 4.90 Å². The first-order valence-electron chi connectivity index (χ1n) is 6.32. The number of aldehydes is 1. The number of piperidine rings is 1. The Labute approximate surface area is 107 Å². The molecule has 0 saturated carbocycles. The third kappa shape index (κ3) is 2.97. The molecule has 0 spiro atoms.